The molecule has 0 aliphatic rings. The Morgan fingerprint density at radius 2 is 1.64 bits per heavy atom. The Hall–Kier alpha value is -3.87. The molecule has 0 radical (unpaired) electrons. The number of allylic oxidation sites excluding steroid dienone is 1. The number of rotatable bonds is 11. The van der Waals surface area contributed by atoms with E-state index in [0.717, 1.165) is 17.7 Å². The van der Waals surface area contributed by atoms with E-state index >= 15 is 0 Å². The van der Waals surface area contributed by atoms with Crippen LogP contribution in [0.15, 0.2) is 72.8 Å². The van der Waals surface area contributed by atoms with Crippen LogP contribution >= 0.6 is 11.6 Å². The number of hydrogen-bond donors (Lipinski definition) is 3. The molecule has 3 aromatic rings. The van der Waals surface area contributed by atoms with Crippen LogP contribution in [0.1, 0.15) is 53.7 Å². The fourth-order valence-corrected chi connectivity index (χ4v) is 4.57. The zero-order valence-electron chi connectivity index (χ0n) is 24.1. The van der Waals surface area contributed by atoms with Gasteiger partial charge in [-0.05, 0) is 58.9 Å². The minimum Gasteiger partial charge on any atom is -0.404 e. The molecule has 0 bridgehead atoms. The topological polar surface area (TPSA) is 122 Å². The van der Waals surface area contributed by atoms with Crippen LogP contribution in [-0.2, 0) is 21.3 Å². The first-order valence-electron chi connectivity index (χ1n) is 13.4. The van der Waals surface area contributed by atoms with Crippen molar-refractivity contribution >= 4 is 45.3 Å². The zero-order valence-corrected chi connectivity index (χ0v) is 25.7. The molecule has 3 aromatic carbocycles. The van der Waals surface area contributed by atoms with Crippen LogP contribution < -0.4 is 15.4 Å². The quantitative estimate of drug-likeness (QED) is 0.194. The van der Waals surface area contributed by atoms with Crippen LogP contribution in [0.4, 0.5) is 18.9 Å². The standard InChI is InChI=1S/C31H32ClF3N2O6S/c1-30(2,3)15-14-20-4-8-22(9-5-20)25(29(39)37-24-12-13-27(26(32)19-24)43-31(33,34)35)18-21-6-10-23(11-7-21)28(38)36-16-17-44(40,41)42/h4-15,19,25H,16-18H2,1-3H3,(H,36,38)(H,37,39)(H,40,41,42)/b15-14+. The average Bonchev–Trinajstić information content (AvgIpc) is 2.91. The largest absolute Gasteiger partial charge is 0.573 e. The lowest BCUT2D eigenvalue weighted by Gasteiger charge is -2.19. The molecule has 0 saturated carbocycles. The molecular formula is C31H32ClF3N2O6S. The maximum atomic E-state index is 13.5. The van der Waals surface area contributed by atoms with Crippen molar-refractivity contribution in [3.63, 3.8) is 0 Å². The molecule has 3 rings (SSSR count). The molecule has 0 fully saturated rings. The summed E-state index contributed by atoms with van der Waals surface area (Å²) >= 11 is 5.96. The molecule has 13 heteroatoms. The number of anilines is 1. The minimum absolute atomic E-state index is 0.0251. The van der Waals surface area contributed by atoms with Crippen molar-refractivity contribution in [3.05, 3.63) is 100 Å². The summed E-state index contributed by atoms with van der Waals surface area (Å²) in [6.45, 7) is 5.94. The van der Waals surface area contributed by atoms with E-state index < -0.39 is 45.7 Å². The Bertz CT molecular complexity index is 1600. The highest BCUT2D eigenvalue weighted by atomic mass is 35.5. The second-order valence-corrected chi connectivity index (χ2v) is 13.0. The number of carbonyl (C=O) groups excluding carboxylic acids is 2. The molecule has 0 aliphatic carbocycles. The van der Waals surface area contributed by atoms with Crippen LogP contribution in [0.25, 0.3) is 6.08 Å². The first-order valence-corrected chi connectivity index (χ1v) is 15.3. The second kappa shape index (κ2) is 14.3. The van der Waals surface area contributed by atoms with E-state index in [1.165, 1.54) is 18.2 Å². The van der Waals surface area contributed by atoms with Crippen molar-refractivity contribution in [1.29, 1.82) is 0 Å². The van der Waals surface area contributed by atoms with Gasteiger partial charge in [0.15, 0.2) is 0 Å². The number of alkyl halides is 3. The Kier molecular flexibility index (Phi) is 11.2. The Morgan fingerprint density at radius 3 is 2.18 bits per heavy atom. The summed E-state index contributed by atoms with van der Waals surface area (Å²) in [5.41, 5.74) is 2.69. The van der Waals surface area contributed by atoms with Crippen LogP contribution in [0.3, 0.4) is 0 Å². The molecule has 0 aliphatic heterocycles. The molecule has 1 unspecified atom stereocenters. The molecule has 236 valence electrons. The maximum absolute atomic E-state index is 13.5. The molecule has 44 heavy (non-hydrogen) atoms. The van der Waals surface area contributed by atoms with Crippen LogP contribution in [0.5, 0.6) is 5.75 Å². The van der Waals surface area contributed by atoms with Gasteiger partial charge in [-0.25, -0.2) is 0 Å². The lowest BCUT2D eigenvalue weighted by molar-refractivity contribution is -0.274. The van der Waals surface area contributed by atoms with Gasteiger partial charge in [0.05, 0.1) is 16.7 Å². The Balaban J connectivity index is 1.83. The summed E-state index contributed by atoms with van der Waals surface area (Å²) in [7, 11) is -4.22. The molecule has 2 amide bonds. The third kappa shape index (κ3) is 11.7. The van der Waals surface area contributed by atoms with Gasteiger partial charge in [-0.3, -0.25) is 14.1 Å². The monoisotopic (exact) mass is 652 g/mol. The highest BCUT2D eigenvalue weighted by molar-refractivity contribution is 7.85. The van der Waals surface area contributed by atoms with Gasteiger partial charge in [0, 0.05) is 17.8 Å². The highest BCUT2D eigenvalue weighted by Gasteiger charge is 2.32. The molecule has 1 atom stereocenters. The van der Waals surface area contributed by atoms with E-state index in [1.807, 2.05) is 30.3 Å². The summed E-state index contributed by atoms with van der Waals surface area (Å²) in [6.07, 6.45) is -0.686. The van der Waals surface area contributed by atoms with Crippen LogP contribution in [0, 0.1) is 5.41 Å². The highest BCUT2D eigenvalue weighted by Crippen LogP contribution is 2.33. The Labute approximate surface area is 259 Å². The van der Waals surface area contributed by atoms with Gasteiger partial charge in [-0.2, -0.15) is 8.42 Å². The molecule has 0 saturated heterocycles. The number of nitrogens with one attached hydrogen (secondary N) is 2. The summed E-state index contributed by atoms with van der Waals surface area (Å²) in [5.74, 6) is -2.95. The van der Waals surface area contributed by atoms with Gasteiger partial charge in [0.2, 0.25) is 5.91 Å². The van der Waals surface area contributed by atoms with Gasteiger partial charge < -0.3 is 15.4 Å². The molecule has 0 heterocycles. The number of ether oxygens (including phenoxy) is 1. The van der Waals surface area contributed by atoms with Crippen molar-refractivity contribution in [2.45, 2.75) is 39.5 Å². The second-order valence-electron chi connectivity index (χ2n) is 11.0. The summed E-state index contributed by atoms with van der Waals surface area (Å²) in [4.78, 5) is 25.9. The van der Waals surface area contributed by atoms with Gasteiger partial charge in [0.1, 0.15) is 5.75 Å². The zero-order chi connectivity index (χ0) is 32.7. The van der Waals surface area contributed by atoms with E-state index in [9.17, 15) is 31.2 Å². The van der Waals surface area contributed by atoms with Gasteiger partial charge in [0.25, 0.3) is 16.0 Å². The van der Waals surface area contributed by atoms with E-state index in [-0.39, 0.29) is 34.7 Å². The molecule has 0 spiro atoms. The SMILES string of the molecule is CC(C)(C)/C=C/c1ccc(C(Cc2ccc(C(=O)NCCS(=O)(=O)O)cc2)C(=O)Nc2ccc(OC(F)(F)F)c(Cl)c2)cc1. The smallest absolute Gasteiger partial charge is 0.404 e. The maximum Gasteiger partial charge on any atom is 0.573 e. The number of hydrogen-bond acceptors (Lipinski definition) is 5. The summed E-state index contributed by atoms with van der Waals surface area (Å²) in [5, 5.41) is 4.78. The number of carbonyl (C=O) groups is 2. The first-order chi connectivity index (χ1) is 20.4. The fourth-order valence-electron chi connectivity index (χ4n) is 3.99. The first kappa shape index (κ1) is 34.6. The van der Waals surface area contributed by atoms with E-state index in [0.29, 0.717) is 11.1 Å². The van der Waals surface area contributed by atoms with E-state index in [1.54, 1.807) is 12.1 Å². The minimum atomic E-state index is -4.93. The number of halogens is 4. The van der Waals surface area contributed by atoms with Crippen LogP contribution in [-0.4, -0.2) is 43.4 Å². The lowest BCUT2D eigenvalue weighted by atomic mass is 9.89. The molecule has 8 nitrogen and oxygen atoms in total. The van der Waals surface area contributed by atoms with Gasteiger partial charge in [-0.1, -0.05) is 80.9 Å². The fraction of sp³-hybridized carbons (Fsp3) is 0.290. The molecular weight excluding hydrogens is 621 g/mol. The molecule has 0 aromatic heterocycles. The van der Waals surface area contributed by atoms with Crippen molar-refractivity contribution in [2.24, 2.45) is 5.41 Å². The van der Waals surface area contributed by atoms with Crippen molar-refractivity contribution < 1.29 is 40.5 Å². The summed E-state index contributed by atoms with van der Waals surface area (Å²) in [6, 6.07) is 17.1. The predicted molar refractivity (Wildman–Crippen MR) is 163 cm³/mol. The van der Waals surface area contributed by atoms with E-state index in [4.69, 9.17) is 16.2 Å². The lowest BCUT2D eigenvalue weighted by Crippen LogP contribution is -2.28. The average molecular weight is 653 g/mol. The number of amides is 2. The molecule has 3 N–H and O–H groups in total. The van der Waals surface area contributed by atoms with Gasteiger partial charge >= 0.3 is 6.36 Å². The van der Waals surface area contributed by atoms with Crippen molar-refractivity contribution in [1.82, 2.24) is 5.32 Å². The van der Waals surface area contributed by atoms with Crippen LogP contribution in [0.2, 0.25) is 5.02 Å². The Morgan fingerprint density at radius 1 is 1.00 bits per heavy atom. The van der Waals surface area contributed by atoms with Crippen molar-refractivity contribution in [2.75, 3.05) is 17.6 Å². The third-order valence-electron chi connectivity index (χ3n) is 6.16. The number of benzene rings is 3. The van der Waals surface area contributed by atoms with Gasteiger partial charge in [-0.15, -0.1) is 13.2 Å². The predicted octanol–water partition coefficient (Wildman–Crippen LogP) is 6.88. The third-order valence-corrected chi connectivity index (χ3v) is 7.17. The van der Waals surface area contributed by atoms with E-state index in [2.05, 4.69) is 42.2 Å². The normalized spacial score (nSPS) is 13.0. The summed E-state index contributed by atoms with van der Waals surface area (Å²) < 4.78 is 72.3. The van der Waals surface area contributed by atoms with Crippen molar-refractivity contribution in [3.8, 4) is 5.75 Å².